The summed E-state index contributed by atoms with van der Waals surface area (Å²) >= 11 is 0. The highest BCUT2D eigenvalue weighted by molar-refractivity contribution is 6.12. The fraction of sp³-hybridized carbons (Fsp3) is 0.200. The monoisotopic (exact) mass is 416 g/mol. The summed E-state index contributed by atoms with van der Waals surface area (Å²) in [5.41, 5.74) is 2.98. The first-order valence-electron chi connectivity index (χ1n) is 10.2. The number of nitrogens with zero attached hydrogens (tertiary/aromatic N) is 1. The minimum atomic E-state index is -0.295. The van der Waals surface area contributed by atoms with E-state index in [1.807, 2.05) is 30.3 Å². The normalized spacial score (nSPS) is 13.5. The van der Waals surface area contributed by atoms with Crippen molar-refractivity contribution in [3.05, 3.63) is 89.5 Å². The van der Waals surface area contributed by atoms with Gasteiger partial charge in [0.2, 0.25) is 0 Å². The van der Waals surface area contributed by atoms with Crippen LogP contribution in [0.2, 0.25) is 0 Å². The molecule has 0 spiro atoms. The van der Waals surface area contributed by atoms with Gasteiger partial charge in [0.25, 0.3) is 5.91 Å². The highest BCUT2D eigenvalue weighted by Crippen LogP contribution is 2.30. The molecular weight excluding hydrogens is 392 g/mol. The summed E-state index contributed by atoms with van der Waals surface area (Å²) in [5.74, 6) is 0.0997. The van der Waals surface area contributed by atoms with Crippen LogP contribution in [-0.2, 0) is 4.74 Å². The number of ketones is 1. The predicted octanol–water partition coefficient (Wildman–Crippen LogP) is 4.02. The van der Waals surface area contributed by atoms with E-state index in [4.69, 9.17) is 9.47 Å². The second kappa shape index (κ2) is 9.45. The SMILES string of the molecule is COc1ccccc1C(=O)Nc1cc(C(=O)c2ccccc2)ccc1N1CCOCC1. The van der Waals surface area contributed by atoms with Gasteiger partial charge >= 0.3 is 0 Å². The Hall–Kier alpha value is -3.64. The Kier molecular flexibility index (Phi) is 6.29. The summed E-state index contributed by atoms with van der Waals surface area (Å²) in [4.78, 5) is 28.2. The van der Waals surface area contributed by atoms with Gasteiger partial charge in [-0.25, -0.2) is 0 Å². The van der Waals surface area contributed by atoms with Gasteiger partial charge in [0.05, 0.1) is 37.3 Å². The minimum absolute atomic E-state index is 0.0954. The molecule has 1 amide bonds. The van der Waals surface area contributed by atoms with Crippen molar-refractivity contribution in [2.24, 2.45) is 0 Å². The van der Waals surface area contributed by atoms with E-state index in [9.17, 15) is 9.59 Å². The fourth-order valence-electron chi connectivity index (χ4n) is 3.64. The van der Waals surface area contributed by atoms with E-state index in [1.54, 1.807) is 42.5 Å². The van der Waals surface area contributed by atoms with E-state index in [0.717, 1.165) is 5.69 Å². The predicted molar refractivity (Wildman–Crippen MR) is 120 cm³/mol. The van der Waals surface area contributed by atoms with Crippen molar-refractivity contribution in [2.75, 3.05) is 43.6 Å². The molecule has 0 aliphatic carbocycles. The Morgan fingerprint density at radius 2 is 1.61 bits per heavy atom. The maximum Gasteiger partial charge on any atom is 0.259 e. The van der Waals surface area contributed by atoms with Crippen molar-refractivity contribution in [3.8, 4) is 5.75 Å². The van der Waals surface area contributed by atoms with Crippen LogP contribution >= 0.6 is 0 Å². The van der Waals surface area contributed by atoms with Crippen LogP contribution in [-0.4, -0.2) is 45.1 Å². The quantitative estimate of drug-likeness (QED) is 0.615. The van der Waals surface area contributed by atoms with E-state index in [2.05, 4.69) is 10.2 Å². The number of amides is 1. The van der Waals surface area contributed by atoms with E-state index < -0.39 is 0 Å². The summed E-state index contributed by atoms with van der Waals surface area (Å²) in [5, 5.41) is 2.99. The van der Waals surface area contributed by atoms with Crippen LogP contribution in [0.5, 0.6) is 5.75 Å². The molecule has 31 heavy (non-hydrogen) atoms. The smallest absolute Gasteiger partial charge is 0.259 e. The molecule has 1 fully saturated rings. The third-order valence-electron chi connectivity index (χ3n) is 5.25. The fourth-order valence-corrected chi connectivity index (χ4v) is 3.64. The van der Waals surface area contributed by atoms with Crippen LogP contribution in [0.15, 0.2) is 72.8 Å². The average Bonchev–Trinajstić information content (AvgIpc) is 2.84. The largest absolute Gasteiger partial charge is 0.496 e. The molecule has 1 saturated heterocycles. The number of rotatable bonds is 6. The van der Waals surface area contributed by atoms with Crippen molar-refractivity contribution in [3.63, 3.8) is 0 Å². The first-order chi connectivity index (χ1) is 15.2. The average molecular weight is 416 g/mol. The van der Waals surface area contributed by atoms with Gasteiger partial charge in [0, 0.05) is 24.2 Å². The lowest BCUT2D eigenvalue weighted by Crippen LogP contribution is -2.36. The molecule has 6 nitrogen and oxygen atoms in total. The Bertz CT molecular complexity index is 1080. The van der Waals surface area contributed by atoms with Gasteiger partial charge in [-0.1, -0.05) is 42.5 Å². The van der Waals surface area contributed by atoms with Crippen LogP contribution in [0.25, 0.3) is 0 Å². The van der Waals surface area contributed by atoms with Crippen LogP contribution < -0.4 is 15.0 Å². The lowest BCUT2D eigenvalue weighted by atomic mass is 10.0. The highest BCUT2D eigenvalue weighted by atomic mass is 16.5. The Balaban J connectivity index is 1.70. The summed E-state index contributed by atoms with van der Waals surface area (Å²) in [6.07, 6.45) is 0. The number of para-hydroxylation sites is 1. The summed E-state index contributed by atoms with van der Waals surface area (Å²) in [6, 6.07) is 21.6. The zero-order chi connectivity index (χ0) is 21.6. The molecule has 0 unspecified atom stereocenters. The Morgan fingerprint density at radius 3 is 2.35 bits per heavy atom. The van der Waals surface area contributed by atoms with Crippen LogP contribution in [0, 0.1) is 0 Å². The minimum Gasteiger partial charge on any atom is -0.496 e. The van der Waals surface area contributed by atoms with Crippen molar-refractivity contribution in [2.45, 2.75) is 0 Å². The van der Waals surface area contributed by atoms with Gasteiger partial charge < -0.3 is 19.7 Å². The molecule has 1 N–H and O–H groups in total. The molecule has 0 atom stereocenters. The Morgan fingerprint density at radius 1 is 0.903 bits per heavy atom. The number of carbonyl (C=O) groups excluding carboxylic acids is 2. The topological polar surface area (TPSA) is 67.9 Å². The van der Waals surface area contributed by atoms with E-state index in [0.29, 0.717) is 54.4 Å². The second-order valence-electron chi connectivity index (χ2n) is 7.18. The molecule has 1 aliphatic heterocycles. The molecule has 6 heteroatoms. The maximum absolute atomic E-state index is 13.1. The molecule has 3 aromatic rings. The first kappa shape index (κ1) is 20.6. The number of anilines is 2. The van der Waals surface area contributed by atoms with Crippen molar-refractivity contribution < 1.29 is 19.1 Å². The third kappa shape index (κ3) is 4.59. The van der Waals surface area contributed by atoms with Gasteiger partial charge in [0.1, 0.15) is 5.75 Å². The lowest BCUT2D eigenvalue weighted by Gasteiger charge is -2.30. The van der Waals surface area contributed by atoms with Gasteiger partial charge in [0.15, 0.2) is 5.78 Å². The van der Waals surface area contributed by atoms with Gasteiger partial charge in [-0.05, 0) is 30.3 Å². The van der Waals surface area contributed by atoms with Gasteiger partial charge in [-0.15, -0.1) is 0 Å². The summed E-state index contributed by atoms with van der Waals surface area (Å²) in [7, 11) is 1.53. The zero-order valence-electron chi connectivity index (χ0n) is 17.3. The number of carbonyl (C=O) groups is 2. The van der Waals surface area contributed by atoms with Crippen molar-refractivity contribution in [1.29, 1.82) is 0 Å². The van der Waals surface area contributed by atoms with Crippen molar-refractivity contribution in [1.82, 2.24) is 0 Å². The number of methoxy groups -OCH3 is 1. The summed E-state index contributed by atoms with van der Waals surface area (Å²) < 4.78 is 10.8. The molecule has 1 heterocycles. The first-order valence-corrected chi connectivity index (χ1v) is 10.2. The number of nitrogens with one attached hydrogen (secondary N) is 1. The van der Waals surface area contributed by atoms with E-state index >= 15 is 0 Å². The van der Waals surface area contributed by atoms with Gasteiger partial charge in [-0.2, -0.15) is 0 Å². The summed E-state index contributed by atoms with van der Waals surface area (Å²) in [6.45, 7) is 2.65. The van der Waals surface area contributed by atoms with E-state index in [1.165, 1.54) is 7.11 Å². The van der Waals surface area contributed by atoms with Crippen LogP contribution in [0.4, 0.5) is 11.4 Å². The van der Waals surface area contributed by atoms with Crippen LogP contribution in [0.3, 0.4) is 0 Å². The second-order valence-corrected chi connectivity index (χ2v) is 7.18. The molecule has 0 aromatic heterocycles. The van der Waals surface area contributed by atoms with E-state index in [-0.39, 0.29) is 11.7 Å². The molecule has 0 saturated carbocycles. The zero-order valence-corrected chi connectivity index (χ0v) is 17.3. The number of ether oxygens (including phenoxy) is 2. The number of hydrogen-bond donors (Lipinski definition) is 1. The molecule has 0 radical (unpaired) electrons. The Labute approximate surface area is 181 Å². The van der Waals surface area contributed by atoms with Crippen molar-refractivity contribution >= 4 is 23.1 Å². The molecular formula is C25H24N2O4. The van der Waals surface area contributed by atoms with Gasteiger partial charge in [-0.3, -0.25) is 9.59 Å². The highest BCUT2D eigenvalue weighted by Gasteiger charge is 2.20. The molecule has 3 aromatic carbocycles. The molecule has 1 aliphatic rings. The standard InChI is InChI=1S/C25H24N2O4/c1-30-23-10-6-5-9-20(23)25(29)26-21-17-19(24(28)18-7-3-2-4-8-18)11-12-22(21)27-13-15-31-16-14-27/h2-12,17H,13-16H2,1H3,(H,26,29). The molecule has 0 bridgehead atoms. The third-order valence-corrected chi connectivity index (χ3v) is 5.25. The van der Waals surface area contributed by atoms with Crippen LogP contribution in [0.1, 0.15) is 26.3 Å². The number of benzene rings is 3. The molecule has 158 valence electrons. The lowest BCUT2D eigenvalue weighted by molar-refractivity contribution is 0.101. The molecule has 4 rings (SSSR count). The number of morpholine rings is 1. The number of hydrogen-bond acceptors (Lipinski definition) is 5. The maximum atomic E-state index is 13.1.